The molecule has 2 aromatic carbocycles. The van der Waals surface area contributed by atoms with Gasteiger partial charge < -0.3 is 34.5 Å². The van der Waals surface area contributed by atoms with Gasteiger partial charge in [0.2, 0.25) is 0 Å². The lowest BCUT2D eigenvalue weighted by Crippen LogP contribution is -2.42. The Hall–Kier alpha value is -4.49. The van der Waals surface area contributed by atoms with Gasteiger partial charge >= 0.3 is 0 Å². The Labute approximate surface area is 231 Å². The summed E-state index contributed by atoms with van der Waals surface area (Å²) in [6.07, 6.45) is -4.50. The Bertz CT molecular complexity index is 1050. The van der Waals surface area contributed by atoms with Gasteiger partial charge in [-0.3, -0.25) is 0 Å². The molecule has 19 nitrogen and oxygen atoms in total. The molecule has 0 spiro atoms. The van der Waals surface area contributed by atoms with Crippen molar-refractivity contribution in [1.82, 2.24) is 5.32 Å². The van der Waals surface area contributed by atoms with E-state index < -0.39 is 51.9 Å². The fourth-order valence-electron chi connectivity index (χ4n) is 2.84. The summed E-state index contributed by atoms with van der Waals surface area (Å²) in [4.78, 5) is 55.4. The lowest BCUT2D eigenvalue weighted by molar-refractivity contribution is -0.818. The number of nitrogens with zero attached hydrogens (tertiary/aromatic N) is 4. The number of aliphatic hydroxyl groups excluding tert-OH is 1. The average molecular weight is 598 g/mol. The summed E-state index contributed by atoms with van der Waals surface area (Å²) < 4.78 is 5.72. The average Bonchev–Trinajstić information content (AvgIpc) is 2.86. The minimum Gasteiger partial charge on any atom is -0.490 e. The highest BCUT2D eigenvalue weighted by Gasteiger charge is 2.31. The molecule has 0 saturated carbocycles. The number of benzene rings is 2. The van der Waals surface area contributed by atoms with Crippen molar-refractivity contribution in [2.45, 2.75) is 38.2 Å². The third-order valence-corrected chi connectivity index (χ3v) is 4.49. The van der Waals surface area contributed by atoms with E-state index in [9.17, 15) is 45.6 Å². The molecule has 0 aliphatic rings. The molecule has 0 amide bonds. The van der Waals surface area contributed by atoms with Crippen LogP contribution in [-0.4, -0.2) is 76.2 Å². The molecule has 224 valence electrons. The number of hydrogen-bond acceptors (Lipinski definition) is 15. The van der Waals surface area contributed by atoms with Crippen molar-refractivity contribution in [3.8, 4) is 5.75 Å². The first kappa shape index (κ1) is 35.5. The first-order valence-electron chi connectivity index (χ1n) is 11.1. The molecule has 0 radical (unpaired) electrons. The SMILES string of the molecule is CC(C)NCC(O)COc1cccc2ccccc12.Cl.O=[N+]([O-])OC[C@H](O[N+](=O)[O-])[C@@H](CO[N+](=O)[O-])O[N+](=O)[O-]. The maximum atomic E-state index is 10.1. The molecule has 2 rings (SSSR count). The van der Waals surface area contributed by atoms with Crippen LogP contribution in [0.25, 0.3) is 10.8 Å². The van der Waals surface area contributed by atoms with Crippen molar-refractivity contribution >= 4 is 23.2 Å². The largest absolute Gasteiger partial charge is 0.490 e. The Morgan fingerprint density at radius 3 is 1.75 bits per heavy atom. The van der Waals surface area contributed by atoms with Crippen LogP contribution >= 0.6 is 12.4 Å². The van der Waals surface area contributed by atoms with Crippen LogP contribution in [0.5, 0.6) is 5.75 Å². The third kappa shape index (κ3) is 15.1. The number of aliphatic hydroxyl groups is 1. The molecule has 0 aliphatic carbocycles. The summed E-state index contributed by atoms with van der Waals surface area (Å²) in [6.45, 7) is 2.66. The van der Waals surface area contributed by atoms with Gasteiger partial charge in [-0.15, -0.1) is 52.9 Å². The van der Waals surface area contributed by atoms with E-state index in [2.05, 4.69) is 50.6 Å². The van der Waals surface area contributed by atoms with E-state index in [4.69, 9.17) is 4.74 Å². The molecular weight excluding hydrogens is 570 g/mol. The summed E-state index contributed by atoms with van der Waals surface area (Å²) >= 11 is 0. The quantitative estimate of drug-likeness (QED) is 0.194. The number of hydrogen-bond donors (Lipinski definition) is 2. The molecule has 0 aromatic heterocycles. The van der Waals surface area contributed by atoms with Gasteiger partial charge in [0.15, 0.2) is 12.2 Å². The third-order valence-electron chi connectivity index (χ3n) is 4.49. The summed E-state index contributed by atoms with van der Waals surface area (Å²) in [5.41, 5.74) is 0. The van der Waals surface area contributed by atoms with Crippen molar-refractivity contribution in [1.29, 1.82) is 0 Å². The Morgan fingerprint density at radius 2 is 1.27 bits per heavy atom. The molecule has 40 heavy (non-hydrogen) atoms. The van der Waals surface area contributed by atoms with E-state index >= 15 is 0 Å². The van der Waals surface area contributed by atoms with Gasteiger partial charge in [0.05, 0.1) is 0 Å². The smallest absolute Gasteiger partial charge is 0.294 e. The molecule has 2 aromatic rings. The summed E-state index contributed by atoms with van der Waals surface area (Å²) in [5, 5.41) is 49.9. The molecule has 0 fully saturated rings. The van der Waals surface area contributed by atoms with Crippen molar-refractivity contribution in [2.24, 2.45) is 0 Å². The van der Waals surface area contributed by atoms with Crippen LogP contribution in [0.1, 0.15) is 13.8 Å². The van der Waals surface area contributed by atoms with Crippen molar-refractivity contribution < 1.29 is 49.5 Å². The maximum Gasteiger partial charge on any atom is 0.294 e. The highest BCUT2D eigenvalue weighted by Crippen LogP contribution is 2.25. The topological polar surface area (TPSA) is 251 Å². The van der Waals surface area contributed by atoms with Crippen LogP contribution in [0, 0.1) is 40.5 Å². The summed E-state index contributed by atoms with van der Waals surface area (Å²) in [6, 6.07) is 14.4. The van der Waals surface area contributed by atoms with Crippen molar-refractivity contribution in [2.75, 3.05) is 26.4 Å². The molecule has 2 N–H and O–H groups in total. The summed E-state index contributed by atoms with van der Waals surface area (Å²) in [5.74, 6) is 0.821. The Morgan fingerprint density at radius 1 is 0.775 bits per heavy atom. The molecule has 0 bridgehead atoms. The van der Waals surface area contributed by atoms with Crippen molar-refractivity contribution in [3.63, 3.8) is 0 Å². The molecule has 0 saturated heterocycles. The Kier molecular flexibility index (Phi) is 16.6. The van der Waals surface area contributed by atoms with Gasteiger partial charge in [-0.05, 0) is 11.5 Å². The highest BCUT2D eigenvalue weighted by atomic mass is 35.5. The molecule has 1 unspecified atom stereocenters. The Balaban J connectivity index is 0.000000742. The van der Waals surface area contributed by atoms with Crippen LogP contribution in [0.3, 0.4) is 0 Å². The zero-order chi connectivity index (χ0) is 29.4. The molecule has 3 atom stereocenters. The predicted molar refractivity (Wildman–Crippen MR) is 135 cm³/mol. The molecule has 20 heteroatoms. The molecular formula is C20H28ClN5O14. The van der Waals surface area contributed by atoms with E-state index in [1.807, 2.05) is 30.3 Å². The first-order chi connectivity index (χ1) is 18.4. The van der Waals surface area contributed by atoms with Gasteiger partial charge in [-0.25, -0.2) is 0 Å². The van der Waals surface area contributed by atoms with Crippen LogP contribution in [0.15, 0.2) is 42.5 Å². The normalized spacial score (nSPS) is 12.4. The van der Waals surface area contributed by atoms with Gasteiger partial charge in [0.25, 0.3) is 20.3 Å². The summed E-state index contributed by atoms with van der Waals surface area (Å²) in [7, 11) is 0. The molecule has 0 aliphatic heterocycles. The van der Waals surface area contributed by atoms with Gasteiger partial charge in [0.1, 0.15) is 31.7 Å². The zero-order valence-electron chi connectivity index (χ0n) is 21.1. The minimum absolute atomic E-state index is 0. The van der Waals surface area contributed by atoms with Gasteiger partial charge in [-0.1, -0.05) is 50.2 Å². The van der Waals surface area contributed by atoms with E-state index in [1.165, 1.54) is 0 Å². The second-order valence-electron chi connectivity index (χ2n) is 7.78. The number of rotatable bonds is 17. The molecule has 0 heterocycles. The highest BCUT2D eigenvalue weighted by molar-refractivity contribution is 5.88. The van der Waals surface area contributed by atoms with Crippen molar-refractivity contribution in [3.05, 3.63) is 82.9 Å². The number of fused-ring (bicyclic) bond motifs is 1. The van der Waals surface area contributed by atoms with Crippen LogP contribution < -0.4 is 10.1 Å². The fraction of sp³-hybridized carbons (Fsp3) is 0.500. The van der Waals surface area contributed by atoms with Gasteiger partial charge in [0, 0.05) is 18.0 Å². The van der Waals surface area contributed by atoms with Crippen LogP contribution in [-0.2, 0) is 19.4 Å². The van der Waals surface area contributed by atoms with E-state index in [1.54, 1.807) is 0 Å². The first-order valence-corrected chi connectivity index (χ1v) is 11.1. The monoisotopic (exact) mass is 597 g/mol. The fourth-order valence-corrected chi connectivity index (χ4v) is 2.84. The second kappa shape index (κ2) is 18.7. The van der Waals surface area contributed by atoms with E-state index in [0.717, 1.165) is 16.5 Å². The zero-order valence-corrected chi connectivity index (χ0v) is 21.9. The van der Waals surface area contributed by atoms with Crippen LogP contribution in [0.4, 0.5) is 0 Å². The lowest BCUT2D eigenvalue weighted by Gasteiger charge is -2.21. The van der Waals surface area contributed by atoms with E-state index in [-0.39, 0.29) is 12.4 Å². The lowest BCUT2D eigenvalue weighted by atomic mass is 10.1. The number of ether oxygens (including phenoxy) is 1. The number of nitrogens with one attached hydrogen (secondary N) is 1. The maximum absolute atomic E-state index is 10.1. The predicted octanol–water partition coefficient (Wildman–Crippen LogP) is 1.56. The van der Waals surface area contributed by atoms with Crippen LogP contribution in [0.2, 0.25) is 0 Å². The standard InChI is InChI=1S/C16H21NO2.C4H6N4O12.ClH/c1-12(2)17-10-14(18)11-19-16-9-5-7-13-6-3-4-8-15(13)16;9-5(10)17-1-3(19-7(13)14)4(20-8(15)16)2-18-6(11)12;/h3-9,12,14,17-18H,10-11H2,1-2H3;3-4H,1-2H2;1H/t;3-,4+;. The number of halogens is 1. The van der Waals surface area contributed by atoms with Gasteiger partial charge in [-0.2, -0.15) is 0 Å². The second-order valence-corrected chi connectivity index (χ2v) is 7.78. The van der Waals surface area contributed by atoms with E-state index in [0.29, 0.717) is 19.2 Å². The minimum atomic E-state index is -2.00.